The molecule has 0 atom stereocenters. The summed E-state index contributed by atoms with van der Waals surface area (Å²) in [6.45, 7) is -0.721. The Kier molecular flexibility index (Phi) is 6.11. The number of urea groups is 1. The Morgan fingerprint density at radius 3 is 2.73 bits per heavy atom. The van der Waals surface area contributed by atoms with Crippen molar-refractivity contribution < 1.29 is 29.2 Å². The molecule has 1 aliphatic heterocycles. The molecule has 30 heavy (non-hydrogen) atoms. The summed E-state index contributed by atoms with van der Waals surface area (Å²) in [5.41, 5.74) is 0.853. The lowest BCUT2D eigenvalue weighted by Gasteiger charge is -2.11. The fourth-order valence-corrected chi connectivity index (χ4v) is 3.07. The van der Waals surface area contributed by atoms with Gasteiger partial charge in [-0.1, -0.05) is 28.1 Å². The van der Waals surface area contributed by atoms with Crippen LogP contribution in [0.4, 0.5) is 10.5 Å². The predicted octanol–water partition coefficient (Wildman–Crippen LogP) is 2.91. The Labute approximate surface area is 178 Å². The van der Waals surface area contributed by atoms with Gasteiger partial charge >= 0.3 is 12.0 Å². The summed E-state index contributed by atoms with van der Waals surface area (Å²) in [6.07, 6.45) is 1.37. The number of carboxylic acids is 1. The fraction of sp³-hybridized carbons (Fsp3) is 0.105. The second kappa shape index (κ2) is 8.74. The van der Waals surface area contributed by atoms with E-state index in [2.05, 4.69) is 21.2 Å². The average molecular weight is 476 g/mol. The number of ether oxygens (including phenoxy) is 1. The van der Waals surface area contributed by atoms with Crippen molar-refractivity contribution in [2.24, 2.45) is 0 Å². The molecule has 11 heteroatoms. The molecule has 2 N–H and O–H groups in total. The predicted molar refractivity (Wildman–Crippen MR) is 107 cm³/mol. The number of carbonyl (C=O) groups is 3. The number of imide groups is 1. The van der Waals surface area contributed by atoms with Crippen molar-refractivity contribution in [3.8, 4) is 5.75 Å². The molecule has 1 fully saturated rings. The zero-order chi connectivity index (χ0) is 21.8. The van der Waals surface area contributed by atoms with Gasteiger partial charge in [-0.25, -0.2) is 9.69 Å². The van der Waals surface area contributed by atoms with Crippen molar-refractivity contribution in [1.29, 1.82) is 0 Å². The van der Waals surface area contributed by atoms with Crippen molar-refractivity contribution in [2.45, 2.75) is 6.61 Å². The molecule has 1 heterocycles. The number of benzene rings is 2. The number of hydrogen-bond donors (Lipinski definition) is 2. The summed E-state index contributed by atoms with van der Waals surface area (Å²) < 4.78 is 6.43. The summed E-state index contributed by atoms with van der Waals surface area (Å²) in [7, 11) is 0. The second-order valence-electron chi connectivity index (χ2n) is 6.17. The Bertz CT molecular complexity index is 1080. The molecule has 2 aromatic carbocycles. The normalized spacial score (nSPS) is 14.7. The highest BCUT2D eigenvalue weighted by Gasteiger charge is 2.35. The first-order valence-corrected chi connectivity index (χ1v) is 9.26. The van der Waals surface area contributed by atoms with Crippen LogP contribution in [-0.2, 0) is 16.2 Å². The van der Waals surface area contributed by atoms with Gasteiger partial charge in [-0.3, -0.25) is 19.7 Å². The monoisotopic (exact) mass is 475 g/mol. The molecule has 0 aromatic heterocycles. The highest BCUT2D eigenvalue weighted by molar-refractivity contribution is 9.10. The van der Waals surface area contributed by atoms with Crippen LogP contribution >= 0.6 is 15.9 Å². The number of halogens is 1. The molecule has 0 bridgehead atoms. The van der Waals surface area contributed by atoms with Gasteiger partial charge in [0.15, 0.2) is 0 Å². The summed E-state index contributed by atoms with van der Waals surface area (Å²) in [6, 6.07) is 10.1. The lowest BCUT2D eigenvalue weighted by molar-refractivity contribution is -0.384. The van der Waals surface area contributed by atoms with Gasteiger partial charge in [-0.05, 0) is 29.8 Å². The molecule has 10 nitrogen and oxygen atoms in total. The van der Waals surface area contributed by atoms with E-state index in [4.69, 9.17) is 9.84 Å². The van der Waals surface area contributed by atoms with Crippen molar-refractivity contribution in [3.63, 3.8) is 0 Å². The smallest absolute Gasteiger partial charge is 0.329 e. The van der Waals surface area contributed by atoms with E-state index < -0.39 is 29.4 Å². The Balaban J connectivity index is 1.84. The summed E-state index contributed by atoms with van der Waals surface area (Å²) in [4.78, 5) is 46.0. The maximum Gasteiger partial charge on any atom is 0.329 e. The molecular weight excluding hydrogens is 462 g/mol. The Morgan fingerprint density at radius 2 is 2.03 bits per heavy atom. The van der Waals surface area contributed by atoms with E-state index in [1.54, 1.807) is 30.3 Å². The van der Waals surface area contributed by atoms with Crippen molar-refractivity contribution in [1.82, 2.24) is 10.2 Å². The van der Waals surface area contributed by atoms with Crippen molar-refractivity contribution in [2.75, 3.05) is 6.54 Å². The molecule has 0 aliphatic carbocycles. The molecule has 3 rings (SSSR count). The highest BCUT2D eigenvalue weighted by atomic mass is 79.9. The van der Waals surface area contributed by atoms with Crippen LogP contribution in [0.2, 0.25) is 0 Å². The molecule has 0 saturated carbocycles. The summed E-state index contributed by atoms with van der Waals surface area (Å²) >= 11 is 3.32. The number of nitrogens with zero attached hydrogens (tertiary/aromatic N) is 2. The lowest BCUT2D eigenvalue weighted by Crippen LogP contribution is -2.35. The molecule has 0 unspecified atom stereocenters. The standard InChI is InChI=1S/C19H14BrN3O7/c20-13-4-5-16(30-10-11-2-1-3-14(6-11)23(28)29)12(7-13)8-15-18(26)22(9-17(24)25)19(27)21-15/h1-8H,9-10H2,(H,21,27)(H,24,25)/b15-8+. The molecule has 1 saturated heterocycles. The molecule has 2 aromatic rings. The Morgan fingerprint density at radius 1 is 1.27 bits per heavy atom. The zero-order valence-corrected chi connectivity index (χ0v) is 16.8. The van der Waals surface area contributed by atoms with E-state index in [1.807, 2.05) is 0 Å². The first-order valence-electron chi connectivity index (χ1n) is 8.46. The van der Waals surface area contributed by atoms with E-state index in [0.29, 0.717) is 26.2 Å². The largest absolute Gasteiger partial charge is 0.488 e. The number of rotatable bonds is 7. The van der Waals surface area contributed by atoms with Crippen molar-refractivity contribution >= 4 is 45.6 Å². The maximum atomic E-state index is 12.3. The van der Waals surface area contributed by atoms with Crippen LogP contribution in [0.1, 0.15) is 11.1 Å². The molecule has 0 radical (unpaired) electrons. The molecule has 0 spiro atoms. The minimum Gasteiger partial charge on any atom is -0.488 e. The Hall–Kier alpha value is -3.73. The lowest BCUT2D eigenvalue weighted by atomic mass is 10.1. The number of nitro groups is 1. The van der Waals surface area contributed by atoms with Crippen LogP contribution in [0.15, 0.2) is 52.6 Å². The van der Waals surface area contributed by atoms with Gasteiger partial charge < -0.3 is 15.2 Å². The number of carboxylic acid groups (broad SMARTS) is 1. The van der Waals surface area contributed by atoms with E-state index in [9.17, 15) is 24.5 Å². The van der Waals surface area contributed by atoms with Crippen LogP contribution in [0.5, 0.6) is 5.75 Å². The van der Waals surface area contributed by atoms with E-state index >= 15 is 0 Å². The fourth-order valence-electron chi connectivity index (χ4n) is 2.69. The van der Waals surface area contributed by atoms with Gasteiger partial charge in [0.2, 0.25) is 0 Å². The van der Waals surface area contributed by atoms with Crippen molar-refractivity contribution in [3.05, 3.63) is 73.9 Å². The highest BCUT2D eigenvalue weighted by Crippen LogP contribution is 2.27. The van der Waals surface area contributed by atoms with Gasteiger partial charge in [0.1, 0.15) is 24.6 Å². The average Bonchev–Trinajstić information content (AvgIpc) is 2.94. The first-order chi connectivity index (χ1) is 14.2. The molecule has 1 aliphatic rings. The van der Waals surface area contributed by atoms with Crippen LogP contribution in [0.3, 0.4) is 0 Å². The number of amides is 3. The number of non-ortho nitro benzene ring substituents is 1. The van der Waals surface area contributed by atoms with Crippen LogP contribution < -0.4 is 10.1 Å². The minimum absolute atomic E-state index is 0.0327. The van der Waals surface area contributed by atoms with Gasteiger partial charge in [0.25, 0.3) is 11.6 Å². The van der Waals surface area contributed by atoms with Crippen LogP contribution in [0, 0.1) is 10.1 Å². The number of carbonyl (C=O) groups excluding carboxylic acids is 2. The molecular formula is C19H14BrN3O7. The summed E-state index contributed by atoms with van der Waals surface area (Å²) in [5.74, 6) is -1.73. The van der Waals surface area contributed by atoms with Gasteiger partial charge in [0, 0.05) is 22.2 Å². The third-order valence-corrected chi connectivity index (χ3v) is 4.54. The SMILES string of the molecule is O=C(O)CN1C(=O)N/C(=C/c2cc(Br)ccc2OCc2cccc([N+](=O)[O-])c2)C1=O. The van der Waals surface area contributed by atoms with Gasteiger partial charge in [-0.2, -0.15) is 0 Å². The minimum atomic E-state index is -1.32. The summed E-state index contributed by atoms with van der Waals surface area (Å²) in [5, 5.41) is 22.1. The molecule has 3 amide bonds. The quantitative estimate of drug-likeness (QED) is 0.271. The topological polar surface area (TPSA) is 139 Å². The second-order valence-corrected chi connectivity index (χ2v) is 7.09. The van der Waals surface area contributed by atoms with Crippen LogP contribution in [-0.4, -0.2) is 39.4 Å². The third kappa shape index (κ3) is 4.81. The number of hydrogen-bond acceptors (Lipinski definition) is 6. The zero-order valence-electron chi connectivity index (χ0n) is 15.2. The number of nitro benzene ring substituents is 1. The van der Waals surface area contributed by atoms with Gasteiger partial charge in [-0.15, -0.1) is 0 Å². The molecule has 154 valence electrons. The van der Waals surface area contributed by atoms with Crippen LogP contribution in [0.25, 0.3) is 6.08 Å². The maximum absolute atomic E-state index is 12.3. The number of aliphatic carboxylic acids is 1. The van der Waals surface area contributed by atoms with E-state index in [-0.39, 0.29) is 18.0 Å². The van der Waals surface area contributed by atoms with E-state index in [0.717, 1.165) is 0 Å². The first kappa shape index (κ1) is 21.0. The third-order valence-electron chi connectivity index (χ3n) is 4.04. The number of nitrogens with one attached hydrogen (secondary N) is 1. The van der Waals surface area contributed by atoms with E-state index in [1.165, 1.54) is 18.2 Å². The van der Waals surface area contributed by atoms with Gasteiger partial charge in [0.05, 0.1) is 4.92 Å².